The van der Waals surface area contributed by atoms with E-state index in [2.05, 4.69) is 4.85 Å². The fraction of sp³-hybridized carbons (Fsp3) is 0.200. The van der Waals surface area contributed by atoms with Crippen molar-refractivity contribution >= 4 is 46.3 Å². The third-order valence-corrected chi connectivity index (χ3v) is 6.75. The number of nitrogens with zero attached hydrogens (tertiary/aromatic N) is 3. The molecule has 1 saturated heterocycles. The van der Waals surface area contributed by atoms with Crippen molar-refractivity contribution in [3.05, 3.63) is 99.8 Å². The van der Waals surface area contributed by atoms with E-state index in [1.54, 1.807) is 72.8 Å². The van der Waals surface area contributed by atoms with Gasteiger partial charge in [0.1, 0.15) is 0 Å². The predicted octanol–water partition coefficient (Wildman–Crippen LogP) is 7.90. The van der Waals surface area contributed by atoms with Gasteiger partial charge in [-0.2, -0.15) is 0 Å². The molecule has 0 N–H and O–H groups in total. The molecule has 1 atom stereocenters. The predicted molar refractivity (Wildman–Crippen MR) is 126 cm³/mol. The Morgan fingerprint density at radius 1 is 0.909 bits per heavy atom. The lowest BCUT2D eigenvalue weighted by Gasteiger charge is -2.52. The summed E-state index contributed by atoms with van der Waals surface area (Å²) in [6, 6.07) is 18.9. The van der Waals surface area contributed by atoms with Crippen LogP contribution in [0.4, 0.5) is 30.6 Å². The summed E-state index contributed by atoms with van der Waals surface area (Å²) in [4.78, 5) is 20.4. The van der Waals surface area contributed by atoms with Crippen LogP contribution in [-0.2, 0) is 0 Å². The molecule has 4 nitrogen and oxygen atoms in total. The van der Waals surface area contributed by atoms with Crippen molar-refractivity contribution in [2.24, 2.45) is 0 Å². The first-order chi connectivity index (χ1) is 15.7. The molecule has 0 radical (unpaired) electrons. The van der Waals surface area contributed by atoms with Crippen LogP contribution < -0.4 is 9.80 Å². The summed E-state index contributed by atoms with van der Waals surface area (Å²) in [5.74, 6) is -2.91. The Hall–Kier alpha value is -3.14. The third-order valence-electron chi connectivity index (χ3n) is 6.24. The van der Waals surface area contributed by atoms with Crippen molar-refractivity contribution in [3.63, 3.8) is 0 Å². The molecule has 8 heteroatoms. The number of benzene rings is 3. The van der Waals surface area contributed by atoms with Gasteiger partial charge in [-0.1, -0.05) is 47.5 Å². The number of halogens is 4. The molecule has 1 saturated carbocycles. The fourth-order valence-electron chi connectivity index (χ4n) is 5.01. The number of hydrogen-bond donors (Lipinski definition) is 0. The summed E-state index contributed by atoms with van der Waals surface area (Å²) >= 11 is 12.1. The molecule has 2 fully saturated rings. The van der Waals surface area contributed by atoms with E-state index in [0.717, 1.165) is 0 Å². The highest BCUT2D eigenvalue weighted by Gasteiger charge is 2.70. The molecule has 1 heterocycles. The number of carbonyl (C=O) groups is 1. The Bertz CT molecular complexity index is 1260. The Morgan fingerprint density at radius 2 is 1.48 bits per heavy atom. The zero-order valence-corrected chi connectivity index (χ0v) is 18.7. The highest BCUT2D eigenvalue weighted by atomic mass is 35.5. The number of rotatable bonds is 3. The first kappa shape index (κ1) is 21.7. The second kappa shape index (κ2) is 7.72. The van der Waals surface area contributed by atoms with Gasteiger partial charge in [0.2, 0.25) is 0 Å². The van der Waals surface area contributed by atoms with Crippen LogP contribution in [0.3, 0.4) is 0 Å². The van der Waals surface area contributed by atoms with Crippen molar-refractivity contribution in [2.75, 3.05) is 9.80 Å². The lowest BCUT2D eigenvalue weighted by molar-refractivity contribution is -0.124. The molecule has 0 bridgehead atoms. The molecule has 5 rings (SSSR count). The van der Waals surface area contributed by atoms with Gasteiger partial charge >= 0.3 is 6.03 Å². The molecule has 1 aliphatic heterocycles. The van der Waals surface area contributed by atoms with Gasteiger partial charge in [0.05, 0.1) is 18.2 Å². The number of carbonyl (C=O) groups excluding carboxylic acids is 1. The highest BCUT2D eigenvalue weighted by molar-refractivity contribution is 6.31. The number of hydrogen-bond acceptors (Lipinski definition) is 1. The van der Waals surface area contributed by atoms with Gasteiger partial charge in [-0.3, -0.25) is 9.80 Å². The maximum Gasteiger partial charge on any atom is 0.330 e. The average molecular weight is 484 g/mol. The quantitative estimate of drug-likeness (QED) is 0.348. The van der Waals surface area contributed by atoms with Crippen molar-refractivity contribution in [2.45, 2.75) is 30.3 Å². The highest BCUT2D eigenvalue weighted by Crippen LogP contribution is 2.62. The van der Waals surface area contributed by atoms with Crippen LogP contribution in [0.25, 0.3) is 4.85 Å². The van der Waals surface area contributed by atoms with Crippen LogP contribution in [0.2, 0.25) is 10.0 Å². The molecular weight excluding hydrogens is 467 g/mol. The van der Waals surface area contributed by atoms with Gasteiger partial charge in [-0.05, 0) is 54.1 Å². The normalized spacial score (nSPS) is 20.6. The minimum Gasteiger partial charge on any atom is -0.285 e. The maximum atomic E-state index is 14.5. The van der Waals surface area contributed by atoms with Crippen molar-refractivity contribution < 1.29 is 13.6 Å². The zero-order valence-electron chi connectivity index (χ0n) is 17.2. The van der Waals surface area contributed by atoms with E-state index in [-0.39, 0.29) is 0 Å². The monoisotopic (exact) mass is 483 g/mol. The summed E-state index contributed by atoms with van der Waals surface area (Å²) in [5, 5.41) is 0.977. The Labute approximate surface area is 199 Å². The topological polar surface area (TPSA) is 27.9 Å². The first-order valence-corrected chi connectivity index (χ1v) is 11.0. The molecule has 166 valence electrons. The van der Waals surface area contributed by atoms with E-state index in [4.69, 9.17) is 29.8 Å². The summed E-state index contributed by atoms with van der Waals surface area (Å²) in [7, 11) is 0. The van der Waals surface area contributed by atoms with Crippen LogP contribution >= 0.6 is 23.2 Å². The van der Waals surface area contributed by atoms with Crippen molar-refractivity contribution in [3.8, 4) is 0 Å². The summed E-state index contributed by atoms with van der Waals surface area (Å²) in [6.07, 6.45) is -0.989. The number of amides is 2. The fourth-order valence-corrected chi connectivity index (χ4v) is 5.26. The number of alkyl halides is 2. The first-order valence-electron chi connectivity index (χ1n) is 10.2. The van der Waals surface area contributed by atoms with Crippen molar-refractivity contribution in [1.29, 1.82) is 0 Å². The lowest BCUT2D eigenvalue weighted by atomic mass is 9.66. The molecule has 1 aliphatic carbocycles. The molecule has 0 aromatic heterocycles. The maximum absolute atomic E-state index is 14.5. The second-order valence-corrected chi connectivity index (χ2v) is 9.24. The largest absolute Gasteiger partial charge is 0.330 e. The van der Waals surface area contributed by atoms with Crippen LogP contribution in [-0.4, -0.2) is 17.5 Å². The summed E-state index contributed by atoms with van der Waals surface area (Å²) in [5.41, 5.74) is 0.826. The number of anilines is 2. The molecule has 1 spiro atoms. The van der Waals surface area contributed by atoms with Crippen molar-refractivity contribution in [1.82, 2.24) is 0 Å². The average Bonchev–Trinajstić information content (AvgIpc) is 3.02. The van der Waals surface area contributed by atoms with Gasteiger partial charge in [0.15, 0.2) is 5.69 Å². The molecular formula is C25H17Cl2F2N3O. The zero-order chi connectivity index (χ0) is 23.4. The standard InChI is InChI=1S/C25H17Cl2F2N3O/c1-30-19-4-2-3-16(13-19)22-24(14-25(28,29)15-24)32(21-11-7-18(27)8-12-21)23(33)31(22)20-9-5-17(26)6-10-20/h2-13,22H,14-15H2/t22-/m1/s1. The van der Waals surface area contributed by atoms with E-state index in [1.165, 1.54) is 9.80 Å². The Kier molecular flexibility index (Phi) is 5.08. The van der Waals surface area contributed by atoms with Crippen LogP contribution in [0.1, 0.15) is 24.4 Å². The molecule has 3 aromatic rings. The van der Waals surface area contributed by atoms with E-state index in [1.807, 2.05) is 0 Å². The Balaban J connectivity index is 1.73. The van der Waals surface area contributed by atoms with Gasteiger partial charge in [0.25, 0.3) is 5.92 Å². The SMILES string of the molecule is [C-]#[N+]c1cccc([C@H]2N(c3ccc(Cl)cc3)C(=O)N(c3ccc(Cl)cc3)C23CC(F)(F)C3)c1. The second-order valence-electron chi connectivity index (χ2n) is 8.36. The minimum atomic E-state index is -2.91. The molecule has 2 aliphatic rings. The summed E-state index contributed by atoms with van der Waals surface area (Å²) in [6.45, 7) is 7.39. The summed E-state index contributed by atoms with van der Waals surface area (Å²) < 4.78 is 29.0. The van der Waals surface area contributed by atoms with Gasteiger partial charge in [0, 0.05) is 34.3 Å². The molecule has 3 aromatic carbocycles. The van der Waals surface area contributed by atoms with E-state index in [9.17, 15) is 13.6 Å². The van der Waals surface area contributed by atoms with E-state index >= 15 is 0 Å². The third kappa shape index (κ3) is 3.52. The van der Waals surface area contributed by atoms with E-state index < -0.39 is 36.4 Å². The van der Waals surface area contributed by atoms with Crippen LogP contribution in [0.15, 0.2) is 72.8 Å². The van der Waals surface area contributed by atoms with Gasteiger partial charge < -0.3 is 0 Å². The van der Waals surface area contributed by atoms with E-state index in [0.29, 0.717) is 32.7 Å². The number of urea groups is 1. The smallest absolute Gasteiger partial charge is 0.285 e. The van der Waals surface area contributed by atoms with Crippen LogP contribution in [0, 0.1) is 6.57 Å². The lowest BCUT2D eigenvalue weighted by Crippen LogP contribution is -2.62. The molecule has 0 unspecified atom stereocenters. The van der Waals surface area contributed by atoms with Gasteiger partial charge in [-0.15, -0.1) is 0 Å². The Morgan fingerprint density at radius 3 is 2.03 bits per heavy atom. The molecule has 33 heavy (non-hydrogen) atoms. The molecule has 2 amide bonds. The van der Waals surface area contributed by atoms with Gasteiger partial charge in [-0.25, -0.2) is 18.4 Å². The van der Waals surface area contributed by atoms with Crippen LogP contribution in [0.5, 0.6) is 0 Å². The minimum absolute atomic E-state index is 0.377.